The van der Waals surface area contributed by atoms with Crippen molar-refractivity contribution in [3.8, 4) is 5.69 Å². The SMILES string of the molecule is Nc1nc2ccccc2c(=O)n1-c1cccc(Cl)c1. The van der Waals surface area contributed by atoms with Gasteiger partial charge in [0.1, 0.15) is 0 Å². The van der Waals surface area contributed by atoms with Crippen LogP contribution in [0.4, 0.5) is 5.95 Å². The van der Waals surface area contributed by atoms with Crippen LogP contribution in [0.25, 0.3) is 16.6 Å². The number of halogens is 1. The van der Waals surface area contributed by atoms with Crippen LogP contribution in [0.1, 0.15) is 0 Å². The Morgan fingerprint density at radius 1 is 1.11 bits per heavy atom. The molecule has 2 N–H and O–H groups in total. The number of benzene rings is 2. The Labute approximate surface area is 114 Å². The lowest BCUT2D eigenvalue weighted by Crippen LogP contribution is -2.22. The highest BCUT2D eigenvalue weighted by Gasteiger charge is 2.10. The van der Waals surface area contributed by atoms with Crippen molar-refractivity contribution in [1.29, 1.82) is 0 Å². The van der Waals surface area contributed by atoms with Gasteiger partial charge in [-0.2, -0.15) is 0 Å². The molecule has 0 fully saturated rings. The molecule has 19 heavy (non-hydrogen) atoms. The van der Waals surface area contributed by atoms with Gasteiger partial charge in [-0.1, -0.05) is 29.8 Å². The van der Waals surface area contributed by atoms with Gasteiger partial charge in [0.05, 0.1) is 16.6 Å². The molecule has 94 valence electrons. The van der Waals surface area contributed by atoms with Crippen molar-refractivity contribution in [3.05, 3.63) is 63.9 Å². The molecule has 5 heteroatoms. The lowest BCUT2D eigenvalue weighted by atomic mass is 10.2. The molecule has 0 saturated heterocycles. The highest BCUT2D eigenvalue weighted by molar-refractivity contribution is 6.30. The maximum absolute atomic E-state index is 12.5. The minimum absolute atomic E-state index is 0.144. The molecule has 0 spiro atoms. The van der Waals surface area contributed by atoms with Crippen molar-refractivity contribution >= 4 is 28.5 Å². The fourth-order valence-electron chi connectivity index (χ4n) is 2.01. The summed E-state index contributed by atoms with van der Waals surface area (Å²) in [5, 5.41) is 1.06. The summed E-state index contributed by atoms with van der Waals surface area (Å²) in [5.74, 6) is 0.144. The minimum Gasteiger partial charge on any atom is -0.369 e. The third-order valence-electron chi connectivity index (χ3n) is 2.87. The second-order valence-corrected chi connectivity index (χ2v) is 4.54. The average molecular weight is 272 g/mol. The summed E-state index contributed by atoms with van der Waals surface area (Å²) in [6.07, 6.45) is 0. The van der Waals surface area contributed by atoms with Gasteiger partial charge in [-0.25, -0.2) is 9.55 Å². The maximum Gasteiger partial charge on any atom is 0.267 e. The van der Waals surface area contributed by atoms with Gasteiger partial charge >= 0.3 is 0 Å². The number of hydrogen-bond acceptors (Lipinski definition) is 3. The zero-order chi connectivity index (χ0) is 13.4. The standard InChI is InChI=1S/C14H10ClN3O/c15-9-4-3-5-10(8-9)18-13(19)11-6-1-2-7-12(11)17-14(18)16/h1-8H,(H2,16,17). The van der Waals surface area contributed by atoms with Gasteiger partial charge in [-0.3, -0.25) is 4.79 Å². The first-order valence-electron chi connectivity index (χ1n) is 5.70. The number of nitrogens with two attached hydrogens (primary N) is 1. The van der Waals surface area contributed by atoms with E-state index >= 15 is 0 Å². The number of anilines is 1. The van der Waals surface area contributed by atoms with Crippen LogP contribution in [-0.4, -0.2) is 9.55 Å². The van der Waals surface area contributed by atoms with Crippen molar-refractivity contribution in [2.75, 3.05) is 5.73 Å². The van der Waals surface area contributed by atoms with Gasteiger partial charge in [0.15, 0.2) is 0 Å². The fourth-order valence-corrected chi connectivity index (χ4v) is 2.20. The van der Waals surface area contributed by atoms with Gasteiger partial charge in [0, 0.05) is 5.02 Å². The molecular formula is C14H10ClN3O. The Kier molecular flexibility index (Phi) is 2.72. The summed E-state index contributed by atoms with van der Waals surface area (Å²) in [5.41, 5.74) is 6.87. The van der Waals surface area contributed by atoms with E-state index in [-0.39, 0.29) is 11.5 Å². The van der Waals surface area contributed by atoms with Crippen molar-refractivity contribution in [1.82, 2.24) is 9.55 Å². The van der Waals surface area contributed by atoms with Gasteiger partial charge in [-0.05, 0) is 30.3 Å². The van der Waals surface area contributed by atoms with Gasteiger partial charge in [0.25, 0.3) is 5.56 Å². The quantitative estimate of drug-likeness (QED) is 0.740. The topological polar surface area (TPSA) is 60.9 Å². The molecule has 3 rings (SSSR count). The van der Waals surface area contributed by atoms with Gasteiger partial charge in [-0.15, -0.1) is 0 Å². The molecule has 0 aliphatic rings. The molecule has 2 aromatic carbocycles. The number of aromatic nitrogens is 2. The molecule has 0 atom stereocenters. The second kappa shape index (κ2) is 4.40. The second-order valence-electron chi connectivity index (χ2n) is 4.11. The Morgan fingerprint density at radius 2 is 1.89 bits per heavy atom. The number of hydrogen-bond donors (Lipinski definition) is 1. The van der Waals surface area contributed by atoms with E-state index < -0.39 is 0 Å². The molecular weight excluding hydrogens is 262 g/mol. The summed E-state index contributed by atoms with van der Waals surface area (Å²) in [4.78, 5) is 16.7. The van der Waals surface area contributed by atoms with Crippen molar-refractivity contribution < 1.29 is 0 Å². The molecule has 0 aliphatic heterocycles. The van der Waals surface area contributed by atoms with Crippen LogP contribution in [0.5, 0.6) is 0 Å². The first-order valence-corrected chi connectivity index (χ1v) is 6.08. The summed E-state index contributed by atoms with van der Waals surface area (Å²) >= 11 is 5.94. The van der Waals surface area contributed by atoms with Crippen molar-refractivity contribution in [2.24, 2.45) is 0 Å². The van der Waals surface area contributed by atoms with Crippen LogP contribution in [0.3, 0.4) is 0 Å². The molecule has 0 saturated carbocycles. The maximum atomic E-state index is 12.5. The zero-order valence-corrected chi connectivity index (χ0v) is 10.6. The molecule has 4 nitrogen and oxygen atoms in total. The Balaban J connectivity index is 2.39. The first kappa shape index (κ1) is 11.7. The highest BCUT2D eigenvalue weighted by atomic mass is 35.5. The van der Waals surface area contributed by atoms with Crippen LogP contribution in [0.2, 0.25) is 5.02 Å². The molecule has 0 bridgehead atoms. The van der Waals surface area contributed by atoms with E-state index in [0.717, 1.165) is 0 Å². The summed E-state index contributed by atoms with van der Waals surface area (Å²) in [6.45, 7) is 0. The number of nitrogen functional groups attached to an aromatic ring is 1. The van der Waals surface area contributed by atoms with E-state index in [9.17, 15) is 4.79 Å². The number of nitrogens with zero attached hydrogens (tertiary/aromatic N) is 2. The third kappa shape index (κ3) is 1.96. The van der Waals surface area contributed by atoms with E-state index in [2.05, 4.69) is 4.98 Å². The largest absolute Gasteiger partial charge is 0.369 e. The minimum atomic E-state index is -0.203. The zero-order valence-electron chi connectivity index (χ0n) is 9.88. The summed E-state index contributed by atoms with van der Waals surface area (Å²) < 4.78 is 1.36. The Morgan fingerprint density at radius 3 is 2.68 bits per heavy atom. The number of fused-ring (bicyclic) bond motifs is 1. The predicted molar refractivity (Wildman–Crippen MR) is 76.8 cm³/mol. The van der Waals surface area contributed by atoms with E-state index in [0.29, 0.717) is 21.6 Å². The lowest BCUT2D eigenvalue weighted by Gasteiger charge is -2.10. The van der Waals surface area contributed by atoms with Crippen LogP contribution < -0.4 is 11.3 Å². The normalized spacial score (nSPS) is 10.8. The number of rotatable bonds is 1. The Bertz CT molecular complexity index is 826. The van der Waals surface area contributed by atoms with Crippen LogP contribution in [0, 0.1) is 0 Å². The van der Waals surface area contributed by atoms with Crippen LogP contribution in [0.15, 0.2) is 53.3 Å². The molecule has 0 unspecified atom stereocenters. The molecule has 3 aromatic rings. The molecule has 1 aromatic heterocycles. The van der Waals surface area contributed by atoms with Gasteiger partial charge in [0.2, 0.25) is 5.95 Å². The summed E-state index contributed by atoms with van der Waals surface area (Å²) in [6, 6.07) is 14.0. The van der Waals surface area contributed by atoms with Crippen molar-refractivity contribution in [3.63, 3.8) is 0 Å². The molecule has 0 radical (unpaired) electrons. The van der Waals surface area contributed by atoms with E-state index in [1.807, 2.05) is 6.07 Å². The molecule has 0 aliphatic carbocycles. The van der Waals surface area contributed by atoms with E-state index in [1.54, 1.807) is 42.5 Å². The monoisotopic (exact) mass is 271 g/mol. The Hall–Kier alpha value is -2.33. The van der Waals surface area contributed by atoms with Crippen molar-refractivity contribution in [2.45, 2.75) is 0 Å². The lowest BCUT2D eigenvalue weighted by molar-refractivity contribution is 0.982. The molecule has 1 heterocycles. The predicted octanol–water partition coefficient (Wildman–Crippen LogP) is 2.62. The van der Waals surface area contributed by atoms with E-state index in [1.165, 1.54) is 4.57 Å². The fraction of sp³-hybridized carbons (Fsp3) is 0. The van der Waals surface area contributed by atoms with Gasteiger partial charge < -0.3 is 5.73 Å². The molecule has 0 amide bonds. The number of para-hydroxylation sites is 1. The summed E-state index contributed by atoms with van der Waals surface area (Å²) in [7, 11) is 0. The highest BCUT2D eigenvalue weighted by Crippen LogP contribution is 2.17. The third-order valence-corrected chi connectivity index (χ3v) is 3.10. The van der Waals surface area contributed by atoms with Crippen LogP contribution >= 0.6 is 11.6 Å². The average Bonchev–Trinajstić information content (AvgIpc) is 2.39. The van der Waals surface area contributed by atoms with E-state index in [4.69, 9.17) is 17.3 Å². The smallest absolute Gasteiger partial charge is 0.267 e. The first-order chi connectivity index (χ1) is 9.16. The van der Waals surface area contributed by atoms with Crippen LogP contribution in [-0.2, 0) is 0 Å².